The summed E-state index contributed by atoms with van der Waals surface area (Å²) in [5, 5.41) is 34.1. The largest absolute Gasteiger partial charge is 0.456 e. The third-order valence-corrected chi connectivity index (χ3v) is 12.9. The second-order valence-corrected chi connectivity index (χ2v) is 17.2. The van der Waals surface area contributed by atoms with E-state index in [-0.39, 0.29) is 49.5 Å². The van der Waals surface area contributed by atoms with Crippen LogP contribution in [0.5, 0.6) is 0 Å². The summed E-state index contributed by atoms with van der Waals surface area (Å²) in [6.07, 6.45) is 3.72. The average Bonchev–Trinajstić information content (AvgIpc) is 3.18. The van der Waals surface area contributed by atoms with E-state index in [1.54, 1.807) is 21.0 Å². The van der Waals surface area contributed by atoms with Gasteiger partial charge in [0, 0.05) is 52.0 Å². The van der Waals surface area contributed by atoms with Crippen LogP contribution in [0, 0.1) is 29.6 Å². The Balaban J connectivity index is 1.76. The number of aliphatic hydroxyl groups excluding tert-OH is 2. The molecule has 3 fully saturated rings. The average molecular weight is 792 g/mol. The number of allylic oxidation sites excluding steroid dienone is 3. The van der Waals surface area contributed by atoms with Crippen LogP contribution in [0.2, 0.25) is 0 Å². The number of hydrogen-bond donors (Lipinski definition) is 3. The normalized spacial score (nSPS) is 41.6. The molecule has 0 aromatic rings. The van der Waals surface area contributed by atoms with Crippen LogP contribution in [-0.2, 0) is 42.9 Å². The van der Waals surface area contributed by atoms with Crippen molar-refractivity contribution >= 4 is 23.4 Å². The number of rotatable bonds is 6. The second-order valence-electron chi connectivity index (χ2n) is 17.2. The van der Waals surface area contributed by atoms with Gasteiger partial charge < -0.3 is 43.9 Å². The number of ketones is 2. The molecule has 1 unspecified atom stereocenters. The number of nitrogens with zero attached hydrogens (tertiary/aromatic N) is 1. The number of carbonyl (C=O) groups is 4. The molecule has 2 saturated heterocycles. The number of fused-ring (bicyclic) bond motifs is 3. The minimum Gasteiger partial charge on any atom is -0.456 e. The lowest BCUT2D eigenvalue weighted by Crippen LogP contribution is -2.64. The van der Waals surface area contributed by atoms with Gasteiger partial charge in [0.15, 0.2) is 0 Å². The molecule has 2 bridgehead atoms. The predicted octanol–water partition coefficient (Wildman–Crippen LogP) is 4.47. The molecule has 0 spiro atoms. The summed E-state index contributed by atoms with van der Waals surface area (Å²) >= 11 is 0. The Kier molecular flexibility index (Phi) is 16.9. The molecule has 4 aliphatic rings. The molecule has 3 N–H and O–H groups in total. The molecule has 4 rings (SSSR count). The van der Waals surface area contributed by atoms with Crippen molar-refractivity contribution in [2.24, 2.45) is 29.6 Å². The van der Waals surface area contributed by atoms with Crippen LogP contribution in [0.4, 0.5) is 0 Å². The van der Waals surface area contributed by atoms with E-state index >= 15 is 0 Å². The van der Waals surface area contributed by atoms with Crippen LogP contribution in [0.1, 0.15) is 112 Å². The van der Waals surface area contributed by atoms with Gasteiger partial charge in [-0.15, -0.1) is 0 Å². The maximum absolute atomic E-state index is 14.3. The number of amides is 1. The van der Waals surface area contributed by atoms with E-state index in [0.717, 1.165) is 5.57 Å². The van der Waals surface area contributed by atoms with Crippen molar-refractivity contribution in [1.29, 1.82) is 0 Å². The Morgan fingerprint density at radius 2 is 1.57 bits per heavy atom. The molecule has 1 amide bonds. The van der Waals surface area contributed by atoms with Crippen LogP contribution in [-0.4, -0.2) is 126 Å². The molecule has 318 valence electrons. The van der Waals surface area contributed by atoms with E-state index in [1.165, 1.54) is 19.1 Å². The summed E-state index contributed by atoms with van der Waals surface area (Å²) in [4.78, 5) is 57.6. The molecule has 1 saturated carbocycles. The van der Waals surface area contributed by atoms with Gasteiger partial charge in [-0.1, -0.05) is 45.4 Å². The van der Waals surface area contributed by atoms with Gasteiger partial charge in [-0.25, -0.2) is 4.79 Å². The first-order valence-corrected chi connectivity index (χ1v) is 20.8. The first-order valence-electron chi connectivity index (χ1n) is 20.8. The van der Waals surface area contributed by atoms with Crippen molar-refractivity contribution in [3.63, 3.8) is 0 Å². The van der Waals surface area contributed by atoms with Crippen LogP contribution < -0.4 is 0 Å². The van der Waals surface area contributed by atoms with Gasteiger partial charge >= 0.3 is 5.97 Å². The van der Waals surface area contributed by atoms with Gasteiger partial charge in [0.05, 0.1) is 30.5 Å². The molecule has 3 heterocycles. The van der Waals surface area contributed by atoms with Crippen molar-refractivity contribution < 1.29 is 58.2 Å². The van der Waals surface area contributed by atoms with Crippen molar-refractivity contribution in [2.45, 2.75) is 167 Å². The Bertz CT molecular complexity index is 1430. The zero-order chi connectivity index (χ0) is 41.5. The Morgan fingerprint density at radius 3 is 2.21 bits per heavy atom. The third-order valence-electron chi connectivity index (χ3n) is 12.9. The molecule has 0 aromatic heterocycles. The summed E-state index contributed by atoms with van der Waals surface area (Å²) in [6, 6.07) is -1.13. The zero-order valence-corrected chi connectivity index (χ0v) is 35.1. The fourth-order valence-corrected chi connectivity index (χ4v) is 9.39. The SMILES string of the molecule is CC[C@@H]1/C=C(\C)C[C@H](C)C[C@H](OC)[C@H]2O[C@@](O)(C(=O)C(=O)N3CCCC[C@H]3C(=O)O[C@H](/C(C)=C/C3CC[C@@H](O)[C@H](OC)C3)[C@H](C)[C@H](O)CC1=O)[C@H](C)C[C@@H]2OC. The van der Waals surface area contributed by atoms with Crippen molar-refractivity contribution in [1.82, 2.24) is 4.90 Å². The van der Waals surface area contributed by atoms with E-state index in [1.807, 2.05) is 32.9 Å². The van der Waals surface area contributed by atoms with E-state index < -0.39 is 83.9 Å². The number of piperidine rings is 1. The van der Waals surface area contributed by atoms with Gasteiger partial charge in [-0.3, -0.25) is 14.4 Å². The van der Waals surface area contributed by atoms with Crippen LogP contribution in [0.3, 0.4) is 0 Å². The molecule has 1 aliphatic carbocycles. The zero-order valence-electron chi connectivity index (χ0n) is 35.1. The molecule has 0 aromatic carbocycles. The lowest BCUT2D eigenvalue weighted by Gasteiger charge is -2.47. The smallest absolute Gasteiger partial charge is 0.329 e. The molecular weight excluding hydrogens is 722 g/mol. The molecule has 14 atom stereocenters. The Labute approximate surface area is 333 Å². The first kappa shape index (κ1) is 46.2. The predicted molar refractivity (Wildman–Crippen MR) is 208 cm³/mol. The van der Waals surface area contributed by atoms with Crippen molar-refractivity contribution in [3.05, 3.63) is 23.3 Å². The monoisotopic (exact) mass is 791 g/mol. The van der Waals surface area contributed by atoms with Gasteiger partial charge in [0.1, 0.15) is 24.0 Å². The maximum Gasteiger partial charge on any atom is 0.329 e. The molecular formula is C43H69NO12. The summed E-state index contributed by atoms with van der Waals surface area (Å²) < 4.78 is 29.7. The van der Waals surface area contributed by atoms with Crippen LogP contribution in [0.15, 0.2) is 23.3 Å². The molecule has 3 aliphatic heterocycles. The van der Waals surface area contributed by atoms with E-state index in [2.05, 4.69) is 6.92 Å². The minimum absolute atomic E-state index is 0.000914. The quantitative estimate of drug-likeness (QED) is 0.196. The minimum atomic E-state index is -2.50. The Hall–Kier alpha value is -2.52. The second kappa shape index (κ2) is 20.4. The number of hydrogen-bond acceptors (Lipinski definition) is 12. The Morgan fingerprint density at radius 1 is 0.911 bits per heavy atom. The highest BCUT2D eigenvalue weighted by Crippen LogP contribution is 2.39. The summed E-state index contributed by atoms with van der Waals surface area (Å²) in [5.41, 5.74) is 1.66. The lowest BCUT2D eigenvalue weighted by molar-refractivity contribution is -0.302. The molecule has 0 radical (unpaired) electrons. The number of cyclic esters (lactones) is 1. The lowest BCUT2D eigenvalue weighted by atomic mass is 9.81. The van der Waals surface area contributed by atoms with Gasteiger partial charge in [-0.05, 0) is 95.5 Å². The highest BCUT2D eigenvalue weighted by atomic mass is 16.7. The summed E-state index contributed by atoms with van der Waals surface area (Å²) in [7, 11) is 4.63. The van der Waals surface area contributed by atoms with Crippen LogP contribution >= 0.6 is 0 Å². The number of ether oxygens (including phenoxy) is 5. The number of aliphatic hydroxyl groups is 3. The van der Waals surface area contributed by atoms with Crippen molar-refractivity contribution in [3.8, 4) is 0 Å². The molecule has 13 nitrogen and oxygen atoms in total. The van der Waals surface area contributed by atoms with E-state index in [4.69, 9.17) is 23.7 Å². The maximum atomic E-state index is 14.3. The summed E-state index contributed by atoms with van der Waals surface area (Å²) in [5.74, 6) is -7.50. The summed E-state index contributed by atoms with van der Waals surface area (Å²) in [6.45, 7) is 11.3. The number of Topliss-reactive ketones (excluding diaryl/α,β-unsaturated/α-hetero) is 2. The number of carbonyl (C=O) groups excluding carboxylic acids is 4. The molecule has 13 heteroatoms. The number of esters is 1. The van der Waals surface area contributed by atoms with E-state index in [0.29, 0.717) is 56.9 Å². The topological polar surface area (TPSA) is 178 Å². The standard InChI is InChI=1S/C43H69NO12/c1-10-30-18-24(2)17-25(3)19-36(53-8)39-37(54-9)21-27(5)43(51,56-39)40(48)41(49)44-16-12-11-13-31(44)42(50)55-38(28(6)33(46)23-34(30)47)26(4)20-29-14-15-32(45)35(22-29)52-7/h18,20,25,27-33,35-39,45-46,51H,10-17,19,21-23H2,1-9H3/b24-18+,26-20+/t25-,27+,28+,29?,30+,31-,32+,33+,35+,36-,37-,38+,39+,43+/m0/s1. The van der Waals surface area contributed by atoms with Gasteiger partial charge in [0.25, 0.3) is 11.7 Å². The number of methoxy groups -OCH3 is 3. The highest BCUT2D eigenvalue weighted by molar-refractivity contribution is 6.39. The van der Waals surface area contributed by atoms with Crippen LogP contribution in [0.25, 0.3) is 0 Å². The third kappa shape index (κ3) is 10.7. The van der Waals surface area contributed by atoms with Gasteiger partial charge in [-0.2, -0.15) is 0 Å². The first-order chi connectivity index (χ1) is 26.5. The van der Waals surface area contributed by atoms with Gasteiger partial charge in [0.2, 0.25) is 5.79 Å². The fourth-order valence-electron chi connectivity index (χ4n) is 9.39. The highest BCUT2D eigenvalue weighted by Gasteiger charge is 2.56. The van der Waals surface area contributed by atoms with E-state index in [9.17, 15) is 34.5 Å². The fraction of sp³-hybridized carbons (Fsp3) is 0.814. The van der Waals surface area contributed by atoms with Crippen molar-refractivity contribution in [2.75, 3.05) is 27.9 Å². The molecule has 56 heavy (non-hydrogen) atoms.